The van der Waals surface area contributed by atoms with Crippen LogP contribution in [0.4, 0.5) is 0 Å². The summed E-state index contributed by atoms with van der Waals surface area (Å²) in [7, 11) is 0. The first-order chi connectivity index (χ1) is 22.5. The van der Waals surface area contributed by atoms with Crippen molar-refractivity contribution in [2.75, 3.05) is 0 Å². The summed E-state index contributed by atoms with van der Waals surface area (Å²) in [6.07, 6.45) is 0. The fourth-order valence-corrected chi connectivity index (χ4v) is 6.02. The molecule has 6 nitrogen and oxygen atoms in total. The van der Waals surface area contributed by atoms with E-state index in [0.29, 0.717) is 22.3 Å². The molecule has 8 heteroatoms. The van der Waals surface area contributed by atoms with Gasteiger partial charge in [0.15, 0.2) is 0 Å². The van der Waals surface area contributed by atoms with Crippen molar-refractivity contribution in [3.05, 3.63) is 191 Å². The van der Waals surface area contributed by atoms with Crippen molar-refractivity contribution >= 4 is 17.4 Å². The third-order valence-electron chi connectivity index (χ3n) is 8.26. The van der Waals surface area contributed by atoms with Crippen molar-refractivity contribution in [2.45, 2.75) is 24.2 Å². The van der Waals surface area contributed by atoms with Crippen molar-refractivity contribution in [2.24, 2.45) is 0 Å². The van der Waals surface area contributed by atoms with Gasteiger partial charge in [-0.2, -0.15) is 0 Å². The largest absolute Gasteiger partial charge is 3.00 e. The molecule has 2 atom stereocenters. The Bertz CT molecular complexity index is 1660. The molecular weight excluding hydrogens is 622 g/mol. The van der Waals surface area contributed by atoms with Gasteiger partial charge in [-0.25, -0.2) is 0 Å². The second kappa shape index (κ2) is 17.4. The molecule has 0 aliphatic heterocycles. The van der Waals surface area contributed by atoms with E-state index in [9.17, 15) is 20.4 Å². The molecule has 6 rings (SSSR count). The van der Waals surface area contributed by atoms with Gasteiger partial charge in [-0.15, -0.1) is 23.0 Å². The van der Waals surface area contributed by atoms with Gasteiger partial charge < -0.3 is 20.4 Å². The molecule has 0 saturated carbocycles. The monoisotopic (exact) mass is 654 g/mol. The van der Waals surface area contributed by atoms with E-state index in [1.165, 1.54) is 24.3 Å². The van der Waals surface area contributed by atoms with E-state index in [-0.39, 0.29) is 69.9 Å². The molecule has 2 unspecified atom stereocenters. The molecule has 0 spiro atoms. The Labute approximate surface area is 314 Å². The zero-order chi connectivity index (χ0) is 31.9. The van der Waals surface area contributed by atoms with Crippen LogP contribution in [0.2, 0.25) is 0 Å². The summed E-state index contributed by atoms with van der Waals surface area (Å²) in [5.74, 6) is -0.786. The third-order valence-corrected chi connectivity index (χ3v) is 8.26. The maximum absolute atomic E-state index is 13.3. The van der Waals surface area contributed by atoms with Gasteiger partial charge in [0.05, 0.1) is 24.2 Å². The van der Waals surface area contributed by atoms with Crippen molar-refractivity contribution in [3.8, 4) is 23.0 Å². The minimum atomic E-state index is -0.766. The molecular formula is C40H32AlN2NaO4. The van der Waals surface area contributed by atoms with Crippen LogP contribution in [0.5, 0.6) is 23.0 Å². The standard InChI is InChI=1S/C40H36N2O4.Al.Na/c43-33-23-11-7-19-29(33)39(30-20-8-12-24-34(30)44)41-37(27-15-3-1-4-16-27)38(28-17-5-2-6-18-28)42-40(31-21-9-13-25-35(31)45)32-22-10-14-26-36(32)46;;/h1-26,37-46H;;/q;+3;+1/p-4. The van der Waals surface area contributed by atoms with E-state index >= 15 is 0 Å². The number of hydrogen-bond donors (Lipinski definition) is 2. The first-order valence-electron chi connectivity index (χ1n) is 15.2. The summed E-state index contributed by atoms with van der Waals surface area (Å²) in [5, 5.41) is 60.6. The van der Waals surface area contributed by atoms with E-state index < -0.39 is 24.2 Å². The molecule has 0 aliphatic rings. The molecule has 0 aliphatic carbocycles. The first-order valence-corrected chi connectivity index (χ1v) is 15.2. The van der Waals surface area contributed by atoms with Crippen LogP contribution in [0.15, 0.2) is 158 Å². The minimum absolute atomic E-state index is 0. The van der Waals surface area contributed by atoms with Crippen molar-refractivity contribution in [1.29, 1.82) is 0 Å². The van der Waals surface area contributed by atoms with Crippen LogP contribution in [0.1, 0.15) is 57.5 Å². The van der Waals surface area contributed by atoms with Crippen LogP contribution in [0.3, 0.4) is 0 Å². The SMILES string of the molecule is [Al+3].[Na+].[O-]c1ccccc1C(NC(c1ccccc1)C(NC(c1ccccc1[O-])c1ccccc1[O-])c1ccccc1)c1ccccc1[O-]. The van der Waals surface area contributed by atoms with E-state index in [1.807, 2.05) is 60.7 Å². The van der Waals surface area contributed by atoms with Crippen LogP contribution in [0.25, 0.3) is 0 Å². The van der Waals surface area contributed by atoms with E-state index in [0.717, 1.165) is 11.1 Å². The average Bonchev–Trinajstić information content (AvgIpc) is 3.09. The molecule has 230 valence electrons. The summed E-state index contributed by atoms with van der Waals surface area (Å²) in [5.41, 5.74) is 3.50. The summed E-state index contributed by atoms with van der Waals surface area (Å²) in [6, 6.07) is 43.7. The quantitative estimate of drug-likeness (QED) is 0.207. The number of hydrogen-bond acceptors (Lipinski definition) is 6. The van der Waals surface area contributed by atoms with Gasteiger partial charge in [0.25, 0.3) is 0 Å². The Hall–Kier alpha value is -4.03. The second-order valence-electron chi connectivity index (χ2n) is 11.1. The topological polar surface area (TPSA) is 116 Å². The van der Waals surface area contributed by atoms with Crippen LogP contribution in [0, 0.1) is 0 Å². The van der Waals surface area contributed by atoms with Gasteiger partial charge in [0.1, 0.15) is 0 Å². The predicted molar refractivity (Wildman–Crippen MR) is 178 cm³/mol. The van der Waals surface area contributed by atoms with Gasteiger partial charge in [-0.1, -0.05) is 158 Å². The van der Waals surface area contributed by atoms with E-state index in [4.69, 9.17) is 0 Å². The Morgan fingerprint density at radius 3 is 0.812 bits per heavy atom. The van der Waals surface area contributed by atoms with Crippen molar-refractivity contribution in [1.82, 2.24) is 10.6 Å². The number of para-hydroxylation sites is 4. The molecule has 0 bridgehead atoms. The Morgan fingerprint density at radius 2 is 0.562 bits per heavy atom. The maximum Gasteiger partial charge on any atom is 3.00 e. The molecule has 0 fully saturated rings. The molecule has 0 amide bonds. The third kappa shape index (κ3) is 8.33. The molecule has 6 aromatic carbocycles. The zero-order valence-corrected chi connectivity index (χ0v) is 29.7. The van der Waals surface area contributed by atoms with E-state index in [1.54, 1.807) is 72.8 Å². The normalized spacial score (nSPS) is 12.1. The van der Waals surface area contributed by atoms with E-state index in [2.05, 4.69) is 10.6 Å². The van der Waals surface area contributed by atoms with Gasteiger partial charge in [0.2, 0.25) is 0 Å². The smallest absolute Gasteiger partial charge is 0.872 e. The molecule has 0 aromatic heterocycles. The molecule has 0 radical (unpaired) electrons. The molecule has 0 saturated heterocycles. The summed E-state index contributed by atoms with van der Waals surface area (Å²) in [6.45, 7) is 0. The molecule has 6 aromatic rings. The maximum atomic E-state index is 13.3. The van der Waals surface area contributed by atoms with Gasteiger partial charge >= 0.3 is 46.9 Å². The van der Waals surface area contributed by atoms with Crippen molar-refractivity contribution < 1.29 is 50.0 Å². The fourth-order valence-electron chi connectivity index (χ4n) is 6.02. The summed E-state index contributed by atoms with van der Waals surface area (Å²) >= 11 is 0. The Balaban J connectivity index is 0.00000260. The zero-order valence-electron chi connectivity index (χ0n) is 26.5. The van der Waals surface area contributed by atoms with Crippen LogP contribution in [-0.4, -0.2) is 17.4 Å². The average molecular weight is 655 g/mol. The number of benzene rings is 6. The van der Waals surface area contributed by atoms with Crippen LogP contribution < -0.4 is 60.6 Å². The fraction of sp³-hybridized carbons (Fsp3) is 0.100. The molecule has 2 N–H and O–H groups in total. The van der Waals surface area contributed by atoms with Crippen LogP contribution >= 0.6 is 0 Å². The second-order valence-corrected chi connectivity index (χ2v) is 11.1. The van der Waals surface area contributed by atoms with Crippen LogP contribution in [-0.2, 0) is 0 Å². The summed E-state index contributed by atoms with van der Waals surface area (Å²) < 4.78 is 0. The Kier molecular flexibility index (Phi) is 13.3. The molecule has 48 heavy (non-hydrogen) atoms. The molecule has 0 heterocycles. The van der Waals surface area contributed by atoms with Gasteiger partial charge in [-0.05, 0) is 33.4 Å². The predicted octanol–water partition coefficient (Wildman–Crippen LogP) is 2.15. The summed E-state index contributed by atoms with van der Waals surface area (Å²) in [4.78, 5) is 0. The number of rotatable bonds is 11. The first kappa shape index (κ1) is 36.8. The van der Waals surface area contributed by atoms with Gasteiger partial charge in [0, 0.05) is 0 Å². The van der Waals surface area contributed by atoms with Gasteiger partial charge in [-0.3, -0.25) is 10.6 Å². The Morgan fingerprint density at radius 1 is 0.333 bits per heavy atom. The van der Waals surface area contributed by atoms with Crippen molar-refractivity contribution in [3.63, 3.8) is 0 Å². The number of nitrogens with one attached hydrogen (secondary N) is 2. The minimum Gasteiger partial charge on any atom is -0.872 e.